The Bertz CT molecular complexity index is 574. The van der Waals surface area contributed by atoms with Crippen LogP contribution in [0.2, 0.25) is 0 Å². The highest BCUT2D eigenvalue weighted by Gasteiger charge is 2.23. The smallest absolute Gasteiger partial charge is 0.165 e. The first-order valence-electron chi connectivity index (χ1n) is 5.47. The highest BCUT2D eigenvalue weighted by Crippen LogP contribution is 2.37. The number of hydrogen-bond acceptors (Lipinski definition) is 2. The molecular formula is C14H12OS. The maximum absolute atomic E-state index is 11.9. The Kier molecular flexibility index (Phi) is 2.25. The number of Topliss-reactive ketones (excluding diaryl/α,β-unsaturated/α-hetero) is 1. The third-order valence-electron chi connectivity index (χ3n) is 2.95. The van der Waals surface area contributed by atoms with E-state index in [-0.39, 0.29) is 5.78 Å². The molecule has 2 aromatic rings. The molecular weight excluding hydrogens is 216 g/mol. The van der Waals surface area contributed by atoms with Crippen LogP contribution in [0.5, 0.6) is 0 Å². The standard InChI is InChI=1S/C14H12OS/c1-9-6-13(15)12-7-10-4-2-3-5-11(10)8-14(12)16-9/h2-5,7-9H,6H2,1H3. The van der Waals surface area contributed by atoms with Crippen molar-refractivity contribution in [3.05, 3.63) is 42.0 Å². The molecule has 80 valence electrons. The van der Waals surface area contributed by atoms with E-state index in [4.69, 9.17) is 0 Å². The van der Waals surface area contributed by atoms with Gasteiger partial charge in [-0.3, -0.25) is 4.79 Å². The summed E-state index contributed by atoms with van der Waals surface area (Å²) in [6.07, 6.45) is 0.663. The van der Waals surface area contributed by atoms with Gasteiger partial charge in [0.25, 0.3) is 0 Å². The van der Waals surface area contributed by atoms with Crippen molar-refractivity contribution >= 4 is 28.3 Å². The van der Waals surface area contributed by atoms with E-state index in [9.17, 15) is 4.79 Å². The summed E-state index contributed by atoms with van der Waals surface area (Å²) < 4.78 is 0. The molecule has 2 heteroatoms. The first kappa shape index (κ1) is 9.91. The third kappa shape index (κ3) is 1.54. The minimum Gasteiger partial charge on any atom is -0.294 e. The fourth-order valence-corrected chi connectivity index (χ4v) is 3.33. The number of rotatable bonds is 0. The molecule has 16 heavy (non-hydrogen) atoms. The highest BCUT2D eigenvalue weighted by molar-refractivity contribution is 8.00. The topological polar surface area (TPSA) is 17.1 Å². The zero-order valence-electron chi connectivity index (χ0n) is 9.07. The number of carbonyl (C=O) groups excluding carboxylic acids is 1. The molecule has 0 saturated carbocycles. The van der Waals surface area contributed by atoms with E-state index in [1.54, 1.807) is 0 Å². The van der Waals surface area contributed by atoms with Crippen LogP contribution in [0.15, 0.2) is 41.3 Å². The Labute approximate surface area is 98.9 Å². The molecule has 0 fully saturated rings. The van der Waals surface area contributed by atoms with Gasteiger partial charge in [0.05, 0.1) is 0 Å². The van der Waals surface area contributed by atoms with Crippen molar-refractivity contribution in [1.82, 2.24) is 0 Å². The summed E-state index contributed by atoms with van der Waals surface area (Å²) in [6.45, 7) is 2.11. The summed E-state index contributed by atoms with van der Waals surface area (Å²) in [5.74, 6) is 0.284. The van der Waals surface area contributed by atoms with Crippen LogP contribution in [0.4, 0.5) is 0 Å². The average molecular weight is 228 g/mol. The van der Waals surface area contributed by atoms with Gasteiger partial charge in [-0.05, 0) is 22.9 Å². The lowest BCUT2D eigenvalue weighted by Gasteiger charge is -2.20. The van der Waals surface area contributed by atoms with Crippen molar-refractivity contribution in [2.75, 3.05) is 0 Å². The minimum absolute atomic E-state index is 0.284. The molecule has 1 atom stereocenters. The molecule has 1 nitrogen and oxygen atoms in total. The van der Waals surface area contributed by atoms with Gasteiger partial charge in [-0.1, -0.05) is 31.2 Å². The molecule has 1 aliphatic heterocycles. The van der Waals surface area contributed by atoms with Gasteiger partial charge >= 0.3 is 0 Å². The van der Waals surface area contributed by atoms with E-state index < -0.39 is 0 Å². The quantitative estimate of drug-likeness (QED) is 0.680. The second kappa shape index (κ2) is 3.63. The lowest BCUT2D eigenvalue weighted by atomic mass is 10.0. The third-order valence-corrected chi connectivity index (χ3v) is 4.11. The zero-order valence-corrected chi connectivity index (χ0v) is 9.88. The predicted octanol–water partition coefficient (Wildman–Crippen LogP) is 3.91. The second-order valence-corrected chi connectivity index (χ2v) is 5.73. The molecule has 0 N–H and O–H groups in total. The Morgan fingerprint density at radius 2 is 1.88 bits per heavy atom. The Morgan fingerprint density at radius 3 is 2.62 bits per heavy atom. The fraction of sp³-hybridized carbons (Fsp3) is 0.214. The Balaban J connectivity index is 2.26. The molecule has 0 amide bonds. The first-order chi connectivity index (χ1) is 7.74. The monoisotopic (exact) mass is 228 g/mol. The van der Waals surface area contributed by atoms with Gasteiger partial charge in [0, 0.05) is 22.1 Å². The van der Waals surface area contributed by atoms with E-state index in [0.717, 1.165) is 15.8 Å². The van der Waals surface area contributed by atoms with Crippen LogP contribution in [0.25, 0.3) is 10.8 Å². The molecule has 0 bridgehead atoms. The zero-order chi connectivity index (χ0) is 11.1. The van der Waals surface area contributed by atoms with E-state index in [1.165, 1.54) is 5.39 Å². The lowest BCUT2D eigenvalue weighted by Crippen LogP contribution is -2.14. The van der Waals surface area contributed by atoms with Gasteiger partial charge < -0.3 is 0 Å². The van der Waals surface area contributed by atoms with Crippen LogP contribution < -0.4 is 0 Å². The van der Waals surface area contributed by atoms with E-state index in [0.29, 0.717) is 11.7 Å². The second-order valence-electron chi connectivity index (χ2n) is 4.25. The maximum Gasteiger partial charge on any atom is 0.165 e. The molecule has 3 rings (SSSR count). The molecule has 0 aromatic heterocycles. The number of ketones is 1. The van der Waals surface area contributed by atoms with Gasteiger partial charge in [0.2, 0.25) is 0 Å². The van der Waals surface area contributed by atoms with Crippen molar-refractivity contribution < 1.29 is 4.79 Å². The highest BCUT2D eigenvalue weighted by atomic mass is 32.2. The molecule has 1 aliphatic rings. The minimum atomic E-state index is 0.284. The SMILES string of the molecule is CC1CC(=O)c2cc3ccccc3cc2S1. The van der Waals surface area contributed by atoms with Crippen LogP contribution in [-0.4, -0.2) is 11.0 Å². The van der Waals surface area contributed by atoms with Crippen molar-refractivity contribution in [3.8, 4) is 0 Å². The Morgan fingerprint density at radius 1 is 1.19 bits per heavy atom. The van der Waals surface area contributed by atoms with Crippen molar-refractivity contribution in [2.45, 2.75) is 23.5 Å². The summed E-state index contributed by atoms with van der Waals surface area (Å²) >= 11 is 1.81. The van der Waals surface area contributed by atoms with Gasteiger partial charge in [-0.25, -0.2) is 0 Å². The maximum atomic E-state index is 11.9. The van der Waals surface area contributed by atoms with Crippen molar-refractivity contribution in [1.29, 1.82) is 0 Å². The number of fused-ring (bicyclic) bond motifs is 2. The summed E-state index contributed by atoms with van der Waals surface area (Å²) in [4.78, 5) is 13.1. The fourth-order valence-electron chi connectivity index (χ4n) is 2.16. The van der Waals surface area contributed by atoms with E-state index >= 15 is 0 Å². The predicted molar refractivity (Wildman–Crippen MR) is 68.2 cm³/mol. The molecule has 1 unspecified atom stereocenters. The summed E-state index contributed by atoms with van der Waals surface area (Å²) in [5, 5.41) is 2.78. The van der Waals surface area contributed by atoms with Gasteiger partial charge in [0.1, 0.15) is 0 Å². The Hall–Kier alpha value is -1.28. The largest absolute Gasteiger partial charge is 0.294 e. The molecule has 0 saturated heterocycles. The van der Waals surface area contributed by atoms with Crippen LogP contribution in [-0.2, 0) is 0 Å². The summed E-state index contributed by atoms with van der Waals surface area (Å²) in [6, 6.07) is 12.4. The number of carbonyl (C=O) groups is 1. The van der Waals surface area contributed by atoms with E-state index in [1.807, 2.05) is 30.0 Å². The van der Waals surface area contributed by atoms with Gasteiger partial charge in [-0.15, -0.1) is 11.8 Å². The van der Waals surface area contributed by atoms with Gasteiger partial charge in [-0.2, -0.15) is 0 Å². The molecule has 0 spiro atoms. The first-order valence-corrected chi connectivity index (χ1v) is 6.34. The molecule has 2 aromatic carbocycles. The van der Waals surface area contributed by atoms with Crippen LogP contribution in [0.1, 0.15) is 23.7 Å². The molecule has 1 heterocycles. The number of thioether (sulfide) groups is 1. The number of benzene rings is 2. The lowest BCUT2D eigenvalue weighted by molar-refractivity contribution is 0.0978. The van der Waals surface area contributed by atoms with Crippen LogP contribution in [0.3, 0.4) is 0 Å². The van der Waals surface area contributed by atoms with Gasteiger partial charge in [0.15, 0.2) is 5.78 Å². The van der Waals surface area contributed by atoms with Crippen LogP contribution in [0, 0.1) is 0 Å². The number of hydrogen-bond donors (Lipinski definition) is 0. The van der Waals surface area contributed by atoms with Crippen molar-refractivity contribution in [2.24, 2.45) is 0 Å². The average Bonchev–Trinajstić information content (AvgIpc) is 2.27. The molecule has 0 aliphatic carbocycles. The molecule has 0 radical (unpaired) electrons. The van der Waals surface area contributed by atoms with Crippen molar-refractivity contribution in [3.63, 3.8) is 0 Å². The van der Waals surface area contributed by atoms with E-state index in [2.05, 4.69) is 25.1 Å². The summed E-state index contributed by atoms with van der Waals surface area (Å²) in [7, 11) is 0. The summed E-state index contributed by atoms with van der Waals surface area (Å²) in [5.41, 5.74) is 0.904. The normalized spacial score (nSPS) is 19.8. The van der Waals surface area contributed by atoms with Crippen LogP contribution >= 0.6 is 11.8 Å².